The zero-order valence-electron chi connectivity index (χ0n) is 5.29. The third-order valence-corrected chi connectivity index (χ3v) is 0.478. The lowest BCUT2D eigenvalue weighted by molar-refractivity contribution is 0.0108. The monoisotopic (exact) mass is 130 g/mol. The standard InChI is InChI=1S/C4H6O2.C2H4O/c1-2-3-4(5)6;1-2-3-1/h4-6H,1H3;1-2H2. The van der Waals surface area contributed by atoms with Crippen LogP contribution in [0.25, 0.3) is 0 Å². The molecule has 1 heterocycles. The van der Waals surface area contributed by atoms with Gasteiger partial charge in [0.25, 0.3) is 0 Å². The summed E-state index contributed by atoms with van der Waals surface area (Å²) in [4.78, 5) is 0. The number of ether oxygens (including phenoxy) is 1. The molecule has 1 fully saturated rings. The lowest BCUT2D eigenvalue weighted by Crippen LogP contribution is -1.97. The highest BCUT2D eigenvalue weighted by atomic mass is 16.6. The third-order valence-electron chi connectivity index (χ3n) is 0.478. The Kier molecular flexibility index (Phi) is 5.23. The smallest absolute Gasteiger partial charge is 0.217 e. The number of hydrogen-bond acceptors (Lipinski definition) is 3. The molecule has 1 aliphatic heterocycles. The molecule has 0 amide bonds. The van der Waals surface area contributed by atoms with Crippen molar-refractivity contribution in [3.63, 3.8) is 0 Å². The number of rotatable bonds is 0. The highest BCUT2D eigenvalue weighted by Crippen LogP contribution is 1.84. The predicted molar refractivity (Wildman–Crippen MR) is 32.5 cm³/mol. The van der Waals surface area contributed by atoms with Crippen molar-refractivity contribution in [3.05, 3.63) is 0 Å². The van der Waals surface area contributed by atoms with Gasteiger partial charge in [-0.25, -0.2) is 0 Å². The van der Waals surface area contributed by atoms with Crippen molar-refractivity contribution in [2.75, 3.05) is 13.2 Å². The molecule has 0 unspecified atom stereocenters. The van der Waals surface area contributed by atoms with Gasteiger partial charge in [0.1, 0.15) is 0 Å². The van der Waals surface area contributed by atoms with Gasteiger partial charge in [0.15, 0.2) is 0 Å². The summed E-state index contributed by atoms with van der Waals surface area (Å²) in [6.45, 7) is 3.54. The maximum atomic E-state index is 7.93. The van der Waals surface area contributed by atoms with E-state index in [4.69, 9.17) is 10.2 Å². The summed E-state index contributed by atoms with van der Waals surface area (Å²) >= 11 is 0. The highest BCUT2D eigenvalue weighted by Gasteiger charge is 1.94. The minimum Gasteiger partial charge on any atom is -0.377 e. The molecular weight excluding hydrogens is 120 g/mol. The van der Waals surface area contributed by atoms with E-state index in [0.29, 0.717) is 0 Å². The van der Waals surface area contributed by atoms with E-state index in [1.807, 2.05) is 0 Å². The van der Waals surface area contributed by atoms with Crippen molar-refractivity contribution in [1.29, 1.82) is 0 Å². The summed E-state index contributed by atoms with van der Waals surface area (Å²) in [5.74, 6) is 4.39. The quantitative estimate of drug-likeness (QED) is 0.260. The molecule has 0 saturated carbocycles. The van der Waals surface area contributed by atoms with Gasteiger partial charge in [-0.3, -0.25) is 0 Å². The molecule has 52 valence electrons. The summed E-state index contributed by atoms with van der Waals surface area (Å²) in [6, 6.07) is 0. The molecule has 1 saturated heterocycles. The van der Waals surface area contributed by atoms with E-state index in [0.717, 1.165) is 13.2 Å². The molecule has 0 aromatic carbocycles. The first-order valence-electron chi connectivity index (χ1n) is 2.63. The van der Waals surface area contributed by atoms with Crippen LogP contribution in [0.2, 0.25) is 0 Å². The van der Waals surface area contributed by atoms with Crippen molar-refractivity contribution in [2.45, 2.75) is 13.2 Å². The molecule has 0 aromatic rings. The largest absolute Gasteiger partial charge is 0.377 e. The van der Waals surface area contributed by atoms with Crippen molar-refractivity contribution >= 4 is 0 Å². The van der Waals surface area contributed by atoms with E-state index < -0.39 is 6.29 Å². The minimum atomic E-state index is -1.46. The Labute approximate surface area is 54.3 Å². The van der Waals surface area contributed by atoms with Crippen LogP contribution in [0.15, 0.2) is 0 Å². The Morgan fingerprint density at radius 3 is 1.89 bits per heavy atom. The van der Waals surface area contributed by atoms with Crippen LogP contribution in [0.4, 0.5) is 0 Å². The molecule has 2 N–H and O–H groups in total. The zero-order valence-corrected chi connectivity index (χ0v) is 5.29. The molecule has 1 rings (SSSR count). The Bertz CT molecular complexity index is 104. The van der Waals surface area contributed by atoms with Crippen LogP contribution in [0.3, 0.4) is 0 Å². The minimum absolute atomic E-state index is 1.00. The summed E-state index contributed by atoms with van der Waals surface area (Å²) < 4.78 is 4.50. The van der Waals surface area contributed by atoms with Crippen LogP contribution >= 0.6 is 0 Å². The van der Waals surface area contributed by atoms with Gasteiger partial charge in [0, 0.05) is 0 Å². The molecule has 9 heavy (non-hydrogen) atoms. The third kappa shape index (κ3) is 18.6. The average molecular weight is 130 g/mol. The highest BCUT2D eigenvalue weighted by molar-refractivity contribution is 4.96. The van der Waals surface area contributed by atoms with Gasteiger partial charge in [-0.2, -0.15) is 0 Å². The average Bonchev–Trinajstić information content (AvgIpc) is 2.45. The van der Waals surface area contributed by atoms with E-state index in [-0.39, 0.29) is 0 Å². The van der Waals surface area contributed by atoms with Gasteiger partial charge in [0.05, 0.1) is 13.2 Å². The Morgan fingerprint density at radius 1 is 1.44 bits per heavy atom. The molecule has 3 heteroatoms. The van der Waals surface area contributed by atoms with Crippen molar-refractivity contribution in [2.24, 2.45) is 0 Å². The van der Waals surface area contributed by atoms with E-state index in [9.17, 15) is 0 Å². The molecular formula is C6H10O3. The van der Waals surface area contributed by atoms with Crippen LogP contribution in [-0.2, 0) is 4.74 Å². The van der Waals surface area contributed by atoms with Gasteiger partial charge in [-0.05, 0) is 12.8 Å². The molecule has 0 atom stereocenters. The normalized spacial score (nSPS) is 12.9. The van der Waals surface area contributed by atoms with Crippen LogP contribution in [0, 0.1) is 11.8 Å². The summed E-state index contributed by atoms with van der Waals surface area (Å²) in [7, 11) is 0. The van der Waals surface area contributed by atoms with Gasteiger partial charge < -0.3 is 14.9 Å². The summed E-state index contributed by atoms with van der Waals surface area (Å²) in [6.07, 6.45) is -1.46. The van der Waals surface area contributed by atoms with E-state index in [1.54, 1.807) is 6.92 Å². The number of hydrogen-bond donors (Lipinski definition) is 2. The van der Waals surface area contributed by atoms with E-state index >= 15 is 0 Å². The topological polar surface area (TPSA) is 53.0 Å². The molecule has 0 spiro atoms. The molecule has 0 radical (unpaired) electrons. The molecule has 0 aromatic heterocycles. The first kappa shape index (κ1) is 8.44. The van der Waals surface area contributed by atoms with Gasteiger partial charge in [-0.15, -0.1) is 5.92 Å². The van der Waals surface area contributed by atoms with E-state index in [2.05, 4.69) is 16.6 Å². The lowest BCUT2D eigenvalue weighted by Gasteiger charge is -1.82. The zero-order chi connectivity index (χ0) is 7.11. The fourth-order valence-corrected chi connectivity index (χ4v) is 0.129. The Morgan fingerprint density at radius 2 is 1.89 bits per heavy atom. The first-order chi connectivity index (χ1) is 4.27. The number of aliphatic hydroxyl groups excluding tert-OH is 1. The molecule has 0 bridgehead atoms. The summed E-state index contributed by atoms with van der Waals surface area (Å²) in [5, 5.41) is 15.9. The van der Waals surface area contributed by atoms with Crippen molar-refractivity contribution in [3.8, 4) is 11.8 Å². The van der Waals surface area contributed by atoms with Crippen molar-refractivity contribution < 1.29 is 14.9 Å². The van der Waals surface area contributed by atoms with Crippen LogP contribution in [0.1, 0.15) is 6.92 Å². The van der Waals surface area contributed by atoms with Crippen LogP contribution < -0.4 is 0 Å². The van der Waals surface area contributed by atoms with Crippen molar-refractivity contribution in [1.82, 2.24) is 0 Å². The second-order valence-corrected chi connectivity index (χ2v) is 1.38. The fraction of sp³-hybridized carbons (Fsp3) is 0.667. The second kappa shape index (κ2) is 5.57. The van der Waals surface area contributed by atoms with Crippen LogP contribution in [0.5, 0.6) is 0 Å². The fourth-order valence-electron chi connectivity index (χ4n) is 0.129. The summed E-state index contributed by atoms with van der Waals surface area (Å²) in [5.41, 5.74) is 0. The lowest BCUT2D eigenvalue weighted by atomic mass is 10.6. The van der Waals surface area contributed by atoms with Gasteiger partial charge >= 0.3 is 0 Å². The first-order valence-corrected chi connectivity index (χ1v) is 2.63. The molecule has 0 aliphatic carbocycles. The molecule has 3 nitrogen and oxygen atoms in total. The maximum absolute atomic E-state index is 7.93. The maximum Gasteiger partial charge on any atom is 0.217 e. The Balaban J connectivity index is 0.000000173. The predicted octanol–water partition coefficient (Wildman–Crippen LogP) is -0.663. The number of aliphatic hydroxyl groups is 2. The molecule has 1 aliphatic rings. The second-order valence-electron chi connectivity index (χ2n) is 1.38. The number of epoxide rings is 1. The van der Waals surface area contributed by atoms with E-state index in [1.165, 1.54) is 0 Å². The van der Waals surface area contributed by atoms with Crippen LogP contribution in [-0.4, -0.2) is 29.7 Å². The Hall–Kier alpha value is -0.560. The van der Waals surface area contributed by atoms with Gasteiger partial charge in [-0.1, -0.05) is 0 Å². The SMILES string of the molecule is C1CO1.CC#CC(O)O. The van der Waals surface area contributed by atoms with Gasteiger partial charge in [0.2, 0.25) is 6.29 Å².